The number of rotatable bonds is 3. The first-order valence-electron chi connectivity index (χ1n) is 3.77. The maximum absolute atomic E-state index is 11.2. The number of hydrogen-bond donors (Lipinski definition) is 4. The lowest BCUT2D eigenvalue weighted by molar-refractivity contribution is -0.136. The highest BCUT2D eigenvalue weighted by Crippen LogP contribution is 2.08. The molecule has 0 unspecified atom stereocenters. The molecule has 1 aromatic rings. The molecule has 0 saturated heterocycles. The van der Waals surface area contributed by atoms with Crippen LogP contribution in [0.1, 0.15) is 12.0 Å². The lowest BCUT2D eigenvalue weighted by Crippen LogP contribution is -2.15. The SMILES string of the molecule is O=C(O)CCc1c(O)[nH]c(=S)[nH]c1=O. The maximum Gasteiger partial charge on any atom is 0.303 e. The first-order valence-corrected chi connectivity index (χ1v) is 4.17. The van der Waals surface area contributed by atoms with E-state index in [9.17, 15) is 14.7 Å². The topological polar surface area (TPSA) is 106 Å². The minimum atomic E-state index is -1.04. The van der Waals surface area contributed by atoms with Crippen LogP contribution in [0.4, 0.5) is 0 Å². The van der Waals surface area contributed by atoms with E-state index >= 15 is 0 Å². The lowest BCUT2D eigenvalue weighted by Gasteiger charge is -2.00. The highest BCUT2D eigenvalue weighted by atomic mass is 32.1. The van der Waals surface area contributed by atoms with Gasteiger partial charge in [0.05, 0.1) is 5.56 Å². The van der Waals surface area contributed by atoms with E-state index in [4.69, 9.17) is 5.11 Å². The van der Waals surface area contributed by atoms with Crippen molar-refractivity contribution in [3.8, 4) is 5.88 Å². The summed E-state index contributed by atoms with van der Waals surface area (Å²) in [6.45, 7) is 0. The molecule has 0 aliphatic carbocycles. The van der Waals surface area contributed by atoms with Gasteiger partial charge in [-0.1, -0.05) is 0 Å². The number of H-pyrrole nitrogens is 2. The van der Waals surface area contributed by atoms with Gasteiger partial charge in [-0.2, -0.15) is 0 Å². The summed E-state index contributed by atoms with van der Waals surface area (Å²) in [6, 6.07) is 0. The third-order valence-electron chi connectivity index (χ3n) is 1.61. The molecule has 0 bridgehead atoms. The minimum Gasteiger partial charge on any atom is -0.494 e. The largest absolute Gasteiger partial charge is 0.494 e. The molecule has 1 rings (SSSR count). The molecule has 4 N–H and O–H groups in total. The number of carboxylic acids is 1. The molecule has 1 heterocycles. The van der Waals surface area contributed by atoms with Crippen LogP contribution < -0.4 is 5.56 Å². The summed E-state index contributed by atoms with van der Waals surface area (Å²) in [5.41, 5.74) is -0.562. The van der Waals surface area contributed by atoms with Crippen LogP contribution >= 0.6 is 12.2 Å². The summed E-state index contributed by atoms with van der Waals surface area (Å²) < 4.78 is 0.00609. The van der Waals surface area contributed by atoms with Crippen molar-refractivity contribution in [3.05, 3.63) is 20.7 Å². The molecular formula is C7H8N2O4S. The fraction of sp³-hybridized carbons (Fsp3) is 0.286. The molecule has 0 atom stereocenters. The highest BCUT2D eigenvalue weighted by molar-refractivity contribution is 7.71. The summed E-state index contributed by atoms with van der Waals surface area (Å²) in [5.74, 6) is -1.41. The van der Waals surface area contributed by atoms with E-state index in [-0.39, 0.29) is 29.1 Å². The Hall–Kier alpha value is -1.63. The molecule has 0 spiro atoms. The van der Waals surface area contributed by atoms with E-state index in [1.165, 1.54) is 0 Å². The van der Waals surface area contributed by atoms with Crippen molar-refractivity contribution in [3.63, 3.8) is 0 Å². The van der Waals surface area contributed by atoms with Crippen LogP contribution in [0.3, 0.4) is 0 Å². The van der Waals surface area contributed by atoms with Crippen molar-refractivity contribution in [2.24, 2.45) is 0 Å². The Morgan fingerprint density at radius 1 is 1.43 bits per heavy atom. The number of carbonyl (C=O) groups is 1. The first kappa shape index (κ1) is 10.5. The molecule has 0 aromatic carbocycles. The Morgan fingerprint density at radius 2 is 2.07 bits per heavy atom. The molecule has 76 valence electrons. The third kappa shape index (κ3) is 2.43. The van der Waals surface area contributed by atoms with Crippen molar-refractivity contribution in [2.45, 2.75) is 12.8 Å². The van der Waals surface area contributed by atoms with Gasteiger partial charge in [-0.25, -0.2) is 0 Å². The highest BCUT2D eigenvalue weighted by Gasteiger charge is 2.09. The van der Waals surface area contributed by atoms with Crippen LogP contribution in [-0.2, 0) is 11.2 Å². The third-order valence-corrected chi connectivity index (χ3v) is 1.81. The summed E-state index contributed by atoms with van der Waals surface area (Å²) in [6.07, 6.45) is -0.260. The summed E-state index contributed by atoms with van der Waals surface area (Å²) >= 11 is 4.59. The molecule has 0 aliphatic rings. The summed E-state index contributed by atoms with van der Waals surface area (Å²) in [7, 11) is 0. The van der Waals surface area contributed by atoms with Gasteiger partial charge in [-0.15, -0.1) is 0 Å². The molecule has 6 nitrogen and oxygen atoms in total. The monoisotopic (exact) mass is 216 g/mol. The Kier molecular flexibility index (Phi) is 3.03. The lowest BCUT2D eigenvalue weighted by atomic mass is 10.2. The van der Waals surface area contributed by atoms with Crippen LogP contribution in [0.5, 0.6) is 5.88 Å². The van der Waals surface area contributed by atoms with Crippen molar-refractivity contribution in [2.75, 3.05) is 0 Å². The zero-order valence-electron chi connectivity index (χ0n) is 7.03. The number of aromatic hydroxyl groups is 1. The maximum atomic E-state index is 11.2. The number of aliphatic carboxylic acids is 1. The average molecular weight is 216 g/mol. The second-order valence-corrected chi connectivity index (χ2v) is 3.04. The van der Waals surface area contributed by atoms with Gasteiger partial charge in [0.15, 0.2) is 10.7 Å². The predicted octanol–water partition coefficient (Wildman–Crippen LogP) is 0.155. The smallest absolute Gasteiger partial charge is 0.303 e. The van der Waals surface area contributed by atoms with Gasteiger partial charge in [0.2, 0.25) is 0 Å². The van der Waals surface area contributed by atoms with E-state index in [1.807, 2.05) is 0 Å². The number of aromatic nitrogens is 2. The number of carboxylic acid groups (broad SMARTS) is 1. The van der Waals surface area contributed by atoms with Gasteiger partial charge in [-0.05, 0) is 18.6 Å². The molecule has 0 amide bonds. The van der Waals surface area contributed by atoms with Gasteiger partial charge < -0.3 is 15.2 Å². The molecule has 0 fully saturated rings. The Balaban J connectivity index is 3.03. The quantitative estimate of drug-likeness (QED) is 0.538. The Labute approximate surface area is 83.2 Å². The molecule has 0 saturated carbocycles. The molecule has 14 heavy (non-hydrogen) atoms. The second-order valence-electron chi connectivity index (χ2n) is 2.63. The number of aromatic amines is 2. The first-order chi connectivity index (χ1) is 6.50. The zero-order chi connectivity index (χ0) is 10.7. The average Bonchev–Trinajstić information content (AvgIpc) is 2.01. The van der Waals surface area contributed by atoms with Crippen molar-refractivity contribution < 1.29 is 15.0 Å². The van der Waals surface area contributed by atoms with Gasteiger partial charge in [0, 0.05) is 6.42 Å². The fourth-order valence-electron chi connectivity index (χ4n) is 0.964. The Bertz CT molecular complexity index is 461. The van der Waals surface area contributed by atoms with E-state index in [1.54, 1.807) is 0 Å². The van der Waals surface area contributed by atoms with Crippen LogP contribution in [0.15, 0.2) is 4.79 Å². The van der Waals surface area contributed by atoms with Crippen LogP contribution in [0.25, 0.3) is 0 Å². The minimum absolute atomic E-state index is 0.000926. The normalized spacial score (nSPS) is 10.0. The number of hydrogen-bond acceptors (Lipinski definition) is 4. The van der Waals surface area contributed by atoms with Crippen LogP contribution in [-0.4, -0.2) is 26.2 Å². The molecule has 0 radical (unpaired) electrons. The van der Waals surface area contributed by atoms with Gasteiger partial charge in [-0.3, -0.25) is 14.6 Å². The predicted molar refractivity (Wildman–Crippen MR) is 49.9 cm³/mol. The standard InChI is InChI=1S/C7H8N2O4S/c10-4(11)2-1-3-5(12)8-7(14)9-6(3)13/h1-2H2,(H,10,11)(H3,8,9,12,13,14). The summed E-state index contributed by atoms with van der Waals surface area (Å²) in [4.78, 5) is 26.0. The van der Waals surface area contributed by atoms with Crippen LogP contribution in [0, 0.1) is 4.77 Å². The van der Waals surface area contributed by atoms with Crippen molar-refractivity contribution in [1.82, 2.24) is 9.97 Å². The number of nitrogens with one attached hydrogen (secondary N) is 2. The van der Waals surface area contributed by atoms with E-state index in [2.05, 4.69) is 22.2 Å². The van der Waals surface area contributed by atoms with Crippen LogP contribution in [0.2, 0.25) is 0 Å². The molecule has 1 aromatic heterocycles. The van der Waals surface area contributed by atoms with Gasteiger partial charge in [0.25, 0.3) is 5.56 Å². The molecular weight excluding hydrogens is 208 g/mol. The van der Waals surface area contributed by atoms with Gasteiger partial charge in [0.1, 0.15) is 0 Å². The fourth-order valence-corrected chi connectivity index (χ4v) is 1.15. The van der Waals surface area contributed by atoms with E-state index < -0.39 is 11.5 Å². The van der Waals surface area contributed by atoms with Crippen molar-refractivity contribution in [1.29, 1.82) is 0 Å². The van der Waals surface area contributed by atoms with E-state index in [0.29, 0.717) is 0 Å². The van der Waals surface area contributed by atoms with Gasteiger partial charge >= 0.3 is 5.97 Å². The van der Waals surface area contributed by atoms with E-state index in [0.717, 1.165) is 0 Å². The Morgan fingerprint density at radius 3 is 2.57 bits per heavy atom. The second kappa shape index (κ2) is 4.05. The molecule has 0 aliphatic heterocycles. The zero-order valence-corrected chi connectivity index (χ0v) is 7.85. The summed E-state index contributed by atoms with van der Waals surface area (Å²) in [5, 5.41) is 17.6. The molecule has 7 heteroatoms. The van der Waals surface area contributed by atoms with Crippen molar-refractivity contribution >= 4 is 18.2 Å².